The molecule has 3 nitrogen and oxygen atoms in total. The number of nitrogens with zero attached hydrogens (tertiary/aromatic N) is 1. The van der Waals surface area contributed by atoms with Crippen molar-refractivity contribution in [3.63, 3.8) is 0 Å². The standard InChI is InChI=1S/C7H4Cl2INO2/c8-3-4-1-6(10)5(9)2-7(4)11(12)13/h1-2H,3H2. The smallest absolute Gasteiger partial charge is 0.258 e. The molecule has 0 unspecified atom stereocenters. The summed E-state index contributed by atoms with van der Waals surface area (Å²) in [7, 11) is 0. The quantitative estimate of drug-likeness (QED) is 0.360. The summed E-state index contributed by atoms with van der Waals surface area (Å²) in [6, 6.07) is 2.94. The maximum Gasteiger partial charge on any atom is 0.275 e. The zero-order valence-corrected chi connectivity index (χ0v) is 9.93. The molecule has 0 bridgehead atoms. The van der Waals surface area contributed by atoms with Crippen LogP contribution in [0, 0.1) is 13.7 Å². The maximum atomic E-state index is 10.5. The van der Waals surface area contributed by atoms with E-state index in [9.17, 15) is 10.1 Å². The normalized spacial score (nSPS) is 10.1. The minimum atomic E-state index is -0.486. The molecule has 0 amide bonds. The number of hydrogen-bond acceptors (Lipinski definition) is 2. The van der Waals surface area contributed by atoms with Crippen LogP contribution in [0.5, 0.6) is 0 Å². The molecule has 0 atom stereocenters. The third-order valence-corrected chi connectivity index (χ3v) is 3.27. The van der Waals surface area contributed by atoms with E-state index in [1.165, 1.54) is 6.07 Å². The second kappa shape index (κ2) is 4.43. The molecule has 1 rings (SSSR count). The minimum absolute atomic E-state index is 0.0274. The van der Waals surface area contributed by atoms with Crippen molar-refractivity contribution in [2.24, 2.45) is 0 Å². The van der Waals surface area contributed by atoms with Gasteiger partial charge in [0.05, 0.1) is 15.8 Å². The molecular formula is C7H4Cl2INO2. The van der Waals surface area contributed by atoms with Gasteiger partial charge in [0.25, 0.3) is 5.69 Å². The molecule has 0 spiro atoms. The average molecular weight is 332 g/mol. The van der Waals surface area contributed by atoms with Crippen LogP contribution in [0.25, 0.3) is 0 Å². The van der Waals surface area contributed by atoms with E-state index in [-0.39, 0.29) is 11.6 Å². The van der Waals surface area contributed by atoms with Crippen LogP contribution in [0.3, 0.4) is 0 Å². The van der Waals surface area contributed by atoms with Gasteiger partial charge in [-0.2, -0.15) is 0 Å². The average Bonchev–Trinajstić information content (AvgIpc) is 2.08. The van der Waals surface area contributed by atoms with Gasteiger partial charge < -0.3 is 0 Å². The topological polar surface area (TPSA) is 43.1 Å². The Morgan fingerprint density at radius 1 is 1.54 bits per heavy atom. The van der Waals surface area contributed by atoms with Crippen LogP contribution in [0.15, 0.2) is 12.1 Å². The van der Waals surface area contributed by atoms with Crippen LogP contribution in [0.1, 0.15) is 5.56 Å². The lowest BCUT2D eigenvalue weighted by Crippen LogP contribution is -1.94. The summed E-state index contributed by atoms with van der Waals surface area (Å²) in [5.41, 5.74) is 0.459. The van der Waals surface area contributed by atoms with Crippen molar-refractivity contribution in [2.75, 3.05) is 0 Å². The lowest BCUT2D eigenvalue weighted by molar-refractivity contribution is -0.385. The van der Waals surface area contributed by atoms with E-state index >= 15 is 0 Å². The van der Waals surface area contributed by atoms with Gasteiger partial charge in [0.1, 0.15) is 0 Å². The molecule has 0 saturated carbocycles. The van der Waals surface area contributed by atoms with Gasteiger partial charge in [-0.3, -0.25) is 10.1 Å². The number of nitro benzene ring substituents is 1. The fourth-order valence-electron chi connectivity index (χ4n) is 0.855. The first-order chi connectivity index (χ1) is 6.06. The first-order valence-corrected chi connectivity index (χ1v) is 5.23. The highest BCUT2D eigenvalue weighted by atomic mass is 127. The Balaban J connectivity index is 3.33. The van der Waals surface area contributed by atoms with Gasteiger partial charge in [-0.15, -0.1) is 11.6 Å². The highest BCUT2D eigenvalue weighted by Crippen LogP contribution is 2.28. The molecule has 0 aliphatic carbocycles. The molecule has 0 saturated heterocycles. The molecule has 0 aliphatic heterocycles. The van der Waals surface area contributed by atoms with Gasteiger partial charge >= 0.3 is 0 Å². The first kappa shape index (κ1) is 11.0. The molecular weight excluding hydrogens is 328 g/mol. The molecule has 6 heteroatoms. The second-order valence-corrected chi connectivity index (χ2v) is 4.12. The number of benzene rings is 1. The summed E-state index contributed by atoms with van der Waals surface area (Å²) >= 11 is 13.3. The van der Waals surface area contributed by atoms with Crippen molar-refractivity contribution < 1.29 is 4.92 Å². The van der Waals surface area contributed by atoms with Gasteiger partial charge in [0.15, 0.2) is 0 Å². The highest BCUT2D eigenvalue weighted by molar-refractivity contribution is 14.1. The maximum absolute atomic E-state index is 10.5. The Morgan fingerprint density at radius 2 is 2.15 bits per heavy atom. The van der Waals surface area contributed by atoms with E-state index in [2.05, 4.69) is 0 Å². The molecule has 70 valence electrons. The lowest BCUT2D eigenvalue weighted by atomic mass is 10.2. The van der Waals surface area contributed by atoms with E-state index in [0.29, 0.717) is 10.6 Å². The molecule has 0 heterocycles. The summed E-state index contributed by atoms with van der Waals surface area (Å²) in [5, 5.41) is 10.9. The van der Waals surface area contributed by atoms with Crippen LogP contribution in [0.4, 0.5) is 5.69 Å². The summed E-state index contributed by atoms with van der Waals surface area (Å²) in [6.45, 7) is 0. The van der Waals surface area contributed by atoms with Gasteiger partial charge in [-0.1, -0.05) is 11.6 Å². The van der Waals surface area contributed by atoms with Crippen LogP contribution in [0.2, 0.25) is 5.02 Å². The third kappa shape index (κ3) is 2.45. The summed E-state index contributed by atoms with van der Waals surface area (Å²) in [6.07, 6.45) is 0. The van der Waals surface area contributed by atoms with Crippen molar-refractivity contribution in [3.05, 3.63) is 36.4 Å². The van der Waals surface area contributed by atoms with Crippen LogP contribution in [-0.2, 0) is 5.88 Å². The molecule has 0 aromatic heterocycles. The van der Waals surface area contributed by atoms with Crippen molar-refractivity contribution in [1.29, 1.82) is 0 Å². The number of rotatable bonds is 2. The summed E-state index contributed by atoms with van der Waals surface area (Å²) in [5.74, 6) is 0.115. The van der Waals surface area contributed by atoms with E-state index in [4.69, 9.17) is 23.2 Å². The Hall–Kier alpha value is -0.0700. The Morgan fingerprint density at radius 3 is 2.62 bits per heavy atom. The van der Waals surface area contributed by atoms with Gasteiger partial charge in [0, 0.05) is 15.2 Å². The highest BCUT2D eigenvalue weighted by Gasteiger charge is 2.15. The Bertz CT molecular complexity index is 357. The van der Waals surface area contributed by atoms with Crippen molar-refractivity contribution in [2.45, 2.75) is 5.88 Å². The number of hydrogen-bond donors (Lipinski definition) is 0. The summed E-state index contributed by atoms with van der Waals surface area (Å²) in [4.78, 5) is 10.0. The largest absolute Gasteiger partial charge is 0.275 e. The van der Waals surface area contributed by atoms with Crippen molar-refractivity contribution in [1.82, 2.24) is 0 Å². The molecule has 1 aromatic carbocycles. The van der Waals surface area contributed by atoms with E-state index in [1.54, 1.807) is 6.07 Å². The third-order valence-electron chi connectivity index (χ3n) is 1.46. The van der Waals surface area contributed by atoms with Crippen molar-refractivity contribution >= 4 is 51.5 Å². The predicted molar refractivity (Wildman–Crippen MR) is 60.4 cm³/mol. The van der Waals surface area contributed by atoms with Gasteiger partial charge in [0.2, 0.25) is 0 Å². The SMILES string of the molecule is O=[N+]([O-])c1cc(Cl)c(I)cc1CCl. The van der Waals surface area contributed by atoms with Gasteiger partial charge in [-0.05, 0) is 28.7 Å². The van der Waals surface area contributed by atoms with E-state index < -0.39 is 4.92 Å². The zero-order chi connectivity index (χ0) is 10.0. The molecule has 0 N–H and O–H groups in total. The Kier molecular flexibility index (Phi) is 3.75. The zero-order valence-electron chi connectivity index (χ0n) is 6.26. The lowest BCUT2D eigenvalue weighted by Gasteiger charge is -2.01. The number of alkyl halides is 1. The molecule has 13 heavy (non-hydrogen) atoms. The van der Waals surface area contributed by atoms with Gasteiger partial charge in [-0.25, -0.2) is 0 Å². The van der Waals surface area contributed by atoms with Crippen LogP contribution in [-0.4, -0.2) is 4.92 Å². The predicted octanol–water partition coefficient (Wildman–Crippen LogP) is 3.59. The van der Waals surface area contributed by atoms with Crippen molar-refractivity contribution in [3.8, 4) is 0 Å². The van der Waals surface area contributed by atoms with Crippen LogP contribution >= 0.6 is 45.8 Å². The first-order valence-electron chi connectivity index (χ1n) is 3.24. The number of halogens is 3. The molecule has 0 fully saturated rings. The molecule has 1 aromatic rings. The fourth-order valence-corrected chi connectivity index (χ4v) is 1.76. The molecule has 0 aliphatic rings. The molecule has 0 radical (unpaired) electrons. The monoisotopic (exact) mass is 331 g/mol. The minimum Gasteiger partial charge on any atom is -0.258 e. The summed E-state index contributed by atoms with van der Waals surface area (Å²) < 4.78 is 0.764. The second-order valence-electron chi connectivity index (χ2n) is 2.29. The van der Waals surface area contributed by atoms with E-state index in [0.717, 1.165) is 3.57 Å². The fraction of sp³-hybridized carbons (Fsp3) is 0.143. The van der Waals surface area contributed by atoms with Crippen LogP contribution < -0.4 is 0 Å². The Labute approximate surface area is 98.3 Å². The van der Waals surface area contributed by atoms with E-state index in [1.807, 2.05) is 22.6 Å². The number of nitro groups is 1.